The highest BCUT2D eigenvalue weighted by Gasteiger charge is 2.22. The maximum Gasteiger partial charge on any atom is 0.257 e. The monoisotopic (exact) mass is 340 g/mol. The highest BCUT2D eigenvalue weighted by atomic mass is 16.3. The van der Waals surface area contributed by atoms with E-state index in [9.17, 15) is 14.7 Å². The molecule has 5 heteroatoms. The number of hydrogen-bond donors (Lipinski definition) is 3. The first-order valence-corrected chi connectivity index (χ1v) is 8.11. The largest absolute Gasteiger partial charge is 0.505 e. The minimum absolute atomic E-state index is 0.0588. The number of nitrogens with one attached hydrogen (secondary N) is 2. The first-order valence-electron chi connectivity index (χ1n) is 8.11. The smallest absolute Gasteiger partial charge is 0.257 e. The second-order valence-electron chi connectivity index (χ2n) is 7.14. The van der Waals surface area contributed by atoms with Gasteiger partial charge >= 0.3 is 0 Å². The van der Waals surface area contributed by atoms with Crippen molar-refractivity contribution >= 4 is 23.2 Å². The number of hydrogen-bond acceptors (Lipinski definition) is 3. The maximum absolute atomic E-state index is 12.7. The highest BCUT2D eigenvalue weighted by molar-refractivity contribution is 6.10. The van der Waals surface area contributed by atoms with Crippen LogP contribution in [0.1, 0.15) is 49.2 Å². The van der Waals surface area contributed by atoms with Crippen LogP contribution >= 0.6 is 0 Å². The van der Waals surface area contributed by atoms with Gasteiger partial charge in [-0.25, -0.2) is 0 Å². The van der Waals surface area contributed by atoms with Gasteiger partial charge in [-0.05, 0) is 36.1 Å². The van der Waals surface area contributed by atoms with Crippen molar-refractivity contribution in [2.24, 2.45) is 0 Å². The van der Waals surface area contributed by atoms with Crippen molar-refractivity contribution in [3.63, 3.8) is 0 Å². The molecule has 132 valence electrons. The van der Waals surface area contributed by atoms with Crippen LogP contribution in [0.3, 0.4) is 0 Å². The number of para-hydroxylation sites is 1. The molecule has 3 N–H and O–H groups in total. The van der Waals surface area contributed by atoms with Crippen LogP contribution in [0.5, 0.6) is 5.75 Å². The first kappa shape index (κ1) is 18.5. The van der Waals surface area contributed by atoms with E-state index >= 15 is 0 Å². The lowest BCUT2D eigenvalue weighted by atomic mass is 9.85. The Morgan fingerprint density at radius 3 is 2.24 bits per heavy atom. The third-order valence-electron chi connectivity index (χ3n) is 3.79. The molecule has 5 nitrogen and oxygen atoms in total. The van der Waals surface area contributed by atoms with Crippen molar-refractivity contribution in [2.75, 3.05) is 10.6 Å². The fraction of sp³-hybridized carbons (Fsp3) is 0.300. The van der Waals surface area contributed by atoms with Gasteiger partial charge in [-0.2, -0.15) is 0 Å². The summed E-state index contributed by atoms with van der Waals surface area (Å²) < 4.78 is 0. The summed E-state index contributed by atoms with van der Waals surface area (Å²) in [5, 5.41) is 16.0. The molecule has 2 amide bonds. The Morgan fingerprint density at radius 1 is 1.00 bits per heavy atom. The van der Waals surface area contributed by atoms with E-state index in [0.717, 1.165) is 11.1 Å². The molecular weight excluding hydrogens is 316 g/mol. The molecule has 0 aliphatic rings. The molecule has 0 aliphatic carbocycles. The Labute approximate surface area is 148 Å². The molecular formula is C20H24N2O3. The van der Waals surface area contributed by atoms with Crippen LogP contribution in [0, 0.1) is 6.92 Å². The Hall–Kier alpha value is -2.82. The summed E-state index contributed by atoms with van der Waals surface area (Å²) in [7, 11) is 0. The minimum atomic E-state index is -0.398. The van der Waals surface area contributed by atoms with Crippen molar-refractivity contribution in [3.05, 3.63) is 53.1 Å². The Kier molecular flexibility index (Phi) is 5.16. The molecule has 25 heavy (non-hydrogen) atoms. The standard InChI is InChI=1S/C20H24N2O3/c1-12-10-15(20(3,4)5)18(24)17(11-12)22-19(25)14-8-6-7-9-16(14)21-13(2)23/h6-11,24H,1-5H3,(H,21,23)(H,22,25). The number of anilines is 2. The van der Waals surface area contributed by atoms with Crippen molar-refractivity contribution in [1.82, 2.24) is 0 Å². The lowest BCUT2D eigenvalue weighted by molar-refractivity contribution is -0.114. The van der Waals surface area contributed by atoms with E-state index in [1.807, 2.05) is 33.8 Å². The number of rotatable bonds is 3. The second-order valence-corrected chi connectivity index (χ2v) is 7.14. The third-order valence-corrected chi connectivity index (χ3v) is 3.79. The lowest BCUT2D eigenvalue weighted by Gasteiger charge is -2.23. The van der Waals surface area contributed by atoms with Crippen molar-refractivity contribution in [1.29, 1.82) is 0 Å². The summed E-state index contributed by atoms with van der Waals surface area (Å²) in [4.78, 5) is 24.0. The summed E-state index contributed by atoms with van der Waals surface area (Å²) in [5.41, 5.74) is 2.55. The highest BCUT2D eigenvalue weighted by Crippen LogP contribution is 2.37. The molecule has 0 unspecified atom stereocenters. The SMILES string of the molecule is CC(=O)Nc1ccccc1C(=O)Nc1cc(C)cc(C(C)(C)C)c1O. The van der Waals surface area contributed by atoms with Crippen LogP contribution < -0.4 is 10.6 Å². The molecule has 0 heterocycles. The van der Waals surface area contributed by atoms with Crippen LogP contribution in [-0.2, 0) is 10.2 Å². The number of aryl methyl sites for hydroxylation is 1. The minimum Gasteiger partial charge on any atom is -0.505 e. The fourth-order valence-corrected chi connectivity index (χ4v) is 2.62. The van der Waals surface area contributed by atoms with Gasteiger partial charge in [0, 0.05) is 12.5 Å². The summed E-state index contributed by atoms with van der Waals surface area (Å²) in [5.74, 6) is -0.595. The van der Waals surface area contributed by atoms with E-state index in [1.54, 1.807) is 30.3 Å². The summed E-state index contributed by atoms with van der Waals surface area (Å²) in [6.45, 7) is 9.30. The summed E-state index contributed by atoms with van der Waals surface area (Å²) in [6.07, 6.45) is 0. The van der Waals surface area contributed by atoms with Crippen LogP contribution in [0.4, 0.5) is 11.4 Å². The number of phenols is 1. The summed E-state index contributed by atoms with van der Waals surface area (Å²) >= 11 is 0. The van der Waals surface area contributed by atoms with Crippen LogP contribution in [-0.4, -0.2) is 16.9 Å². The Balaban J connectivity index is 2.40. The number of amides is 2. The predicted molar refractivity (Wildman–Crippen MR) is 100 cm³/mol. The average Bonchev–Trinajstić information content (AvgIpc) is 2.49. The number of benzene rings is 2. The van der Waals surface area contributed by atoms with Gasteiger partial charge in [-0.1, -0.05) is 39.0 Å². The van der Waals surface area contributed by atoms with Crippen molar-refractivity contribution in [3.8, 4) is 5.75 Å². The van der Waals surface area contributed by atoms with E-state index in [2.05, 4.69) is 10.6 Å². The Morgan fingerprint density at radius 2 is 1.64 bits per heavy atom. The zero-order chi connectivity index (χ0) is 18.8. The van der Waals surface area contributed by atoms with E-state index in [0.29, 0.717) is 16.9 Å². The molecule has 0 saturated carbocycles. The zero-order valence-electron chi connectivity index (χ0n) is 15.2. The topological polar surface area (TPSA) is 78.4 Å². The molecule has 0 atom stereocenters. The van der Waals surface area contributed by atoms with Gasteiger partial charge in [0.15, 0.2) is 0 Å². The van der Waals surface area contributed by atoms with Gasteiger partial charge in [-0.3, -0.25) is 9.59 Å². The van der Waals surface area contributed by atoms with Crippen molar-refractivity contribution < 1.29 is 14.7 Å². The molecule has 0 radical (unpaired) electrons. The first-order chi connectivity index (χ1) is 11.6. The van der Waals surface area contributed by atoms with Gasteiger partial charge < -0.3 is 15.7 Å². The van der Waals surface area contributed by atoms with Gasteiger partial charge in [0.1, 0.15) is 5.75 Å². The van der Waals surface area contributed by atoms with E-state index < -0.39 is 5.91 Å². The Bertz CT molecular complexity index is 820. The quantitative estimate of drug-likeness (QED) is 0.732. The third kappa shape index (κ3) is 4.38. The molecule has 0 saturated heterocycles. The predicted octanol–water partition coefficient (Wildman–Crippen LogP) is 4.21. The zero-order valence-corrected chi connectivity index (χ0v) is 15.2. The number of carbonyl (C=O) groups is 2. The normalized spacial score (nSPS) is 11.1. The molecule has 2 rings (SSSR count). The number of carbonyl (C=O) groups excluding carboxylic acids is 2. The van der Waals surface area contributed by atoms with Crippen LogP contribution in [0.25, 0.3) is 0 Å². The fourth-order valence-electron chi connectivity index (χ4n) is 2.62. The summed E-state index contributed by atoms with van der Waals surface area (Å²) in [6, 6.07) is 10.4. The van der Waals surface area contributed by atoms with E-state index in [4.69, 9.17) is 0 Å². The number of phenolic OH excluding ortho intramolecular Hbond substituents is 1. The van der Waals surface area contributed by atoms with Gasteiger partial charge in [0.25, 0.3) is 5.91 Å². The molecule has 2 aromatic carbocycles. The van der Waals surface area contributed by atoms with E-state index in [1.165, 1.54) is 6.92 Å². The number of aromatic hydroxyl groups is 1. The molecule has 0 spiro atoms. The van der Waals surface area contributed by atoms with E-state index in [-0.39, 0.29) is 17.1 Å². The van der Waals surface area contributed by atoms with Crippen LogP contribution in [0.2, 0.25) is 0 Å². The van der Waals surface area contributed by atoms with Gasteiger partial charge in [-0.15, -0.1) is 0 Å². The average molecular weight is 340 g/mol. The van der Waals surface area contributed by atoms with Crippen LogP contribution in [0.15, 0.2) is 36.4 Å². The lowest BCUT2D eigenvalue weighted by Crippen LogP contribution is -2.18. The molecule has 0 fully saturated rings. The van der Waals surface area contributed by atoms with Crippen molar-refractivity contribution in [2.45, 2.75) is 40.0 Å². The van der Waals surface area contributed by atoms with Gasteiger partial charge in [0.2, 0.25) is 5.91 Å². The van der Waals surface area contributed by atoms with Gasteiger partial charge in [0.05, 0.1) is 16.9 Å². The molecule has 0 aliphatic heterocycles. The molecule has 0 aromatic heterocycles. The molecule has 0 bridgehead atoms. The molecule has 2 aromatic rings. The second kappa shape index (κ2) is 6.97. The maximum atomic E-state index is 12.7.